The summed E-state index contributed by atoms with van der Waals surface area (Å²) in [6.07, 6.45) is 2.73. The first-order valence-corrected chi connectivity index (χ1v) is 13.9. The van der Waals surface area contributed by atoms with E-state index in [2.05, 4.69) is 25.3 Å². The van der Waals surface area contributed by atoms with Gasteiger partial charge in [0.05, 0.1) is 39.7 Å². The number of aromatic nitrogens is 1. The minimum Gasteiger partial charge on any atom is -0.494 e. The number of hydrogen-bond acceptors (Lipinski definition) is 7. The van der Waals surface area contributed by atoms with Crippen molar-refractivity contribution in [3.8, 4) is 5.75 Å². The van der Waals surface area contributed by atoms with E-state index in [4.69, 9.17) is 27.9 Å². The van der Waals surface area contributed by atoms with Crippen LogP contribution in [0.25, 0.3) is 0 Å². The number of methoxy groups -OCH3 is 1. The lowest BCUT2D eigenvalue weighted by molar-refractivity contribution is -0.116. The van der Waals surface area contributed by atoms with Crippen molar-refractivity contribution < 1.29 is 23.3 Å². The summed E-state index contributed by atoms with van der Waals surface area (Å²) in [4.78, 5) is 42.4. The van der Waals surface area contributed by atoms with Crippen molar-refractivity contribution in [2.75, 3.05) is 37.1 Å². The Morgan fingerprint density at radius 2 is 1.71 bits per heavy atom. The van der Waals surface area contributed by atoms with Crippen molar-refractivity contribution in [2.45, 2.75) is 11.8 Å². The number of hydrogen-bond donors (Lipinski definition) is 3. The van der Waals surface area contributed by atoms with Gasteiger partial charge < -0.3 is 20.7 Å². The zero-order valence-corrected chi connectivity index (χ0v) is 23.0. The normalized spacial score (nSPS) is 12.2. The maximum atomic E-state index is 13.1. The highest BCUT2D eigenvalue weighted by atomic mass is 35.5. The molecular weight excluding hydrogens is 553 g/mol. The van der Waals surface area contributed by atoms with Crippen LogP contribution in [0.4, 0.5) is 11.5 Å². The number of nitrogens with zero attached hydrogens (tertiary/aromatic N) is 2. The minimum absolute atomic E-state index is 0.0191. The van der Waals surface area contributed by atoms with Crippen molar-refractivity contribution in [1.29, 1.82) is 0 Å². The van der Waals surface area contributed by atoms with Crippen LogP contribution in [0.1, 0.15) is 27.6 Å². The highest BCUT2D eigenvalue weighted by Crippen LogP contribution is 2.33. The van der Waals surface area contributed by atoms with E-state index < -0.39 is 27.5 Å². The summed E-state index contributed by atoms with van der Waals surface area (Å²) < 4.78 is 22.1. The van der Waals surface area contributed by atoms with E-state index in [1.165, 1.54) is 62.0 Å². The fraction of sp³-hybridized carbons (Fsp3) is 0.200. The number of likely N-dealkylation sites (N-methyl/N-ethyl adjacent to an activating group) is 1. The lowest BCUT2D eigenvalue weighted by Gasteiger charge is -2.16. The third kappa shape index (κ3) is 7.51. The fourth-order valence-corrected chi connectivity index (χ4v) is 4.76. The molecule has 0 aliphatic heterocycles. The van der Waals surface area contributed by atoms with Crippen molar-refractivity contribution in [3.63, 3.8) is 0 Å². The second kappa shape index (κ2) is 12.8. The van der Waals surface area contributed by atoms with Crippen LogP contribution in [-0.2, 0) is 14.5 Å². The summed E-state index contributed by atoms with van der Waals surface area (Å²) in [6.45, 7) is 2.40. The van der Waals surface area contributed by atoms with Gasteiger partial charge in [-0.05, 0) is 49.0 Å². The first-order valence-electron chi connectivity index (χ1n) is 11.2. The molecule has 1 aromatic heterocycles. The Hall–Kier alpha value is -3.51. The van der Waals surface area contributed by atoms with Crippen molar-refractivity contribution in [3.05, 3.63) is 75.9 Å². The molecule has 0 aliphatic rings. The molecule has 13 heteroatoms. The molecule has 38 heavy (non-hydrogen) atoms. The molecular formula is C25H25Cl2N5O5S. The molecule has 0 fully saturated rings. The molecule has 2 aromatic carbocycles. The molecule has 200 valence electrons. The molecule has 3 N–H and O–H groups in total. The average molecular weight is 578 g/mol. The van der Waals surface area contributed by atoms with Gasteiger partial charge in [-0.2, -0.15) is 4.36 Å². The van der Waals surface area contributed by atoms with Gasteiger partial charge in [0.15, 0.2) is 0 Å². The molecule has 3 aromatic rings. The number of carbonyl (C=O) groups excluding carboxylic acids is 3. The van der Waals surface area contributed by atoms with E-state index in [1.54, 1.807) is 6.07 Å². The highest BCUT2D eigenvalue weighted by molar-refractivity contribution is 7.93. The number of nitrogens with one attached hydrogen (secondary N) is 3. The molecule has 1 unspecified atom stereocenters. The molecule has 1 atom stereocenters. The molecule has 0 bridgehead atoms. The Kier molecular flexibility index (Phi) is 9.81. The number of carbonyl (C=O) groups is 3. The standard InChI is InChI=1S/C25H25Cl2N5O5S/c1-4-28-14-22(33)32-38(3,36)18-8-5-15(6-9-18)24(34)31-23-19(11-17(27)12-20(23)37-2)25(35)30-21-10-7-16(26)13-29-21/h5-13,28H,4,14H2,1-3H3,(H,31,34)(H,29,30,35). The Labute approximate surface area is 230 Å². The summed E-state index contributed by atoms with van der Waals surface area (Å²) in [5, 5.41) is 8.75. The number of pyridine rings is 1. The first-order chi connectivity index (χ1) is 18.0. The topological polar surface area (TPSA) is 139 Å². The summed E-state index contributed by atoms with van der Waals surface area (Å²) in [6, 6.07) is 11.7. The Balaban J connectivity index is 1.87. The molecule has 10 nitrogen and oxygen atoms in total. The number of anilines is 2. The number of halogens is 2. The quantitative estimate of drug-likeness (QED) is 0.340. The molecule has 0 saturated carbocycles. The van der Waals surface area contributed by atoms with Crippen LogP contribution in [0.5, 0.6) is 5.75 Å². The predicted octanol–water partition coefficient (Wildman–Crippen LogP) is 4.49. The molecule has 3 rings (SSSR count). The van der Waals surface area contributed by atoms with E-state index in [0.29, 0.717) is 16.5 Å². The Bertz CT molecular complexity index is 1470. The van der Waals surface area contributed by atoms with Gasteiger partial charge in [-0.25, -0.2) is 9.19 Å². The number of ether oxygens (including phenoxy) is 1. The number of amides is 3. The molecule has 0 spiro atoms. The second-order valence-corrected chi connectivity index (χ2v) is 11.0. The van der Waals surface area contributed by atoms with E-state index in [1.807, 2.05) is 6.92 Å². The third-order valence-electron chi connectivity index (χ3n) is 5.10. The molecule has 0 saturated heterocycles. The number of benzene rings is 2. The van der Waals surface area contributed by atoms with Crippen LogP contribution in [0, 0.1) is 0 Å². The van der Waals surface area contributed by atoms with Crippen molar-refractivity contribution in [1.82, 2.24) is 10.3 Å². The Morgan fingerprint density at radius 1 is 1.00 bits per heavy atom. The van der Waals surface area contributed by atoms with Crippen LogP contribution < -0.4 is 20.7 Å². The van der Waals surface area contributed by atoms with Gasteiger partial charge >= 0.3 is 0 Å². The predicted molar refractivity (Wildman–Crippen MR) is 148 cm³/mol. The van der Waals surface area contributed by atoms with Crippen LogP contribution >= 0.6 is 23.2 Å². The van der Waals surface area contributed by atoms with Crippen LogP contribution in [0.3, 0.4) is 0 Å². The van der Waals surface area contributed by atoms with Crippen LogP contribution in [-0.4, -0.2) is 53.4 Å². The van der Waals surface area contributed by atoms with E-state index in [9.17, 15) is 18.6 Å². The summed E-state index contributed by atoms with van der Waals surface area (Å²) in [5.74, 6) is -1.30. The van der Waals surface area contributed by atoms with Crippen LogP contribution in [0.15, 0.2) is 64.0 Å². The largest absolute Gasteiger partial charge is 0.494 e. The third-order valence-corrected chi connectivity index (χ3v) is 7.24. The lowest BCUT2D eigenvalue weighted by atomic mass is 10.1. The first kappa shape index (κ1) is 29.1. The zero-order chi connectivity index (χ0) is 27.9. The highest BCUT2D eigenvalue weighted by Gasteiger charge is 2.21. The maximum Gasteiger partial charge on any atom is 0.267 e. The van der Waals surface area contributed by atoms with Crippen molar-refractivity contribution in [2.24, 2.45) is 4.36 Å². The fourth-order valence-electron chi connectivity index (χ4n) is 3.24. The van der Waals surface area contributed by atoms with Crippen molar-refractivity contribution >= 4 is 62.2 Å². The molecule has 3 amide bonds. The average Bonchev–Trinajstić information content (AvgIpc) is 2.89. The smallest absolute Gasteiger partial charge is 0.267 e. The second-order valence-electron chi connectivity index (χ2n) is 7.89. The summed E-state index contributed by atoms with van der Waals surface area (Å²) >= 11 is 12.0. The zero-order valence-electron chi connectivity index (χ0n) is 20.7. The van der Waals surface area contributed by atoms with E-state index >= 15 is 0 Å². The molecule has 1 heterocycles. The van der Waals surface area contributed by atoms with Crippen LogP contribution in [0.2, 0.25) is 10.0 Å². The molecule has 0 aliphatic carbocycles. The number of rotatable bonds is 9. The van der Waals surface area contributed by atoms with E-state index in [0.717, 1.165) is 0 Å². The van der Waals surface area contributed by atoms with Gasteiger partial charge in [0.1, 0.15) is 11.6 Å². The monoisotopic (exact) mass is 577 g/mol. The van der Waals surface area contributed by atoms with Gasteiger partial charge in [-0.3, -0.25) is 14.4 Å². The molecule has 0 radical (unpaired) electrons. The lowest BCUT2D eigenvalue weighted by Crippen LogP contribution is -2.22. The van der Waals surface area contributed by atoms with Gasteiger partial charge in [-0.15, -0.1) is 0 Å². The minimum atomic E-state index is -3.01. The van der Waals surface area contributed by atoms with Gasteiger partial charge in [0.25, 0.3) is 17.7 Å². The SMILES string of the molecule is CCNCC(=O)N=S(C)(=O)c1ccc(C(=O)Nc2c(OC)cc(Cl)cc2C(=O)Nc2ccc(Cl)cn2)cc1. The van der Waals surface area contributed by atoms with Gasteiger partial charge in [0.2, 0.25) is 0 Å². The Morgan fingerprint density at radius 3 is 2.32 bits per heavy atom. The summed E-state index contributed by atoms with van der Waals surface area (Å²) in [5.41, 5.74) is 0.317. The maximum absolute atomic E-state index is 13.1. The summed E-state index contributed by atoms with van der Waals surface area (Å²) in [7, 11) is -1.63. The van der Waals surface area contributed by atoms with E-state index in [-0.39, 0.29) is 39.9 Å². The van der Waals surface area contributed by atoms with Gasteiger partial charge in [-0.1, -0.05) is 30.1 Å². The van der Waals surface area contributed by atoms with Gasteiger partial charge in [0, 0.05) is 34.0 Å².